The quantitative estimate of drug-likeness (QED) is 0.618. The second-order valence-electron chi connectivity index (χ2n) is 5.81. The van der Waals surface area contributed by atoms with Crippen molar-refractivity contribution in [1.82, 2.24) is 15.6 Å². The Bertz CT molecular complexity index is 625. The first-order valence-electron chi connectivity index (χ1n) is 7.47. The highest BCUT2D eigenvalue weighted by Gasteiger charge is 2.27. The molecule has 2 rings (SSSR count). The number of guanidine groups is 1. The third kappa shape index (κ3) is 4.95. The Kier molecular flexibility index (Phi) is 5.80. The smallest absolute Gasteiger partial charge is 0.191 e. The molecule has 1 aliphatic rings. The number of hydrogen-bond acceptors (Lipinski definition) is 5. The summed E-state index contributed by atoms with van der Waals surface area (Å²) in [5.41, 5.74) is 0. The monoisotopic (exact) mass is 344 g/mol. The Morgan fingerprint density at radius 2 is 2.32 bits per heavy atom. The van der Waals surface area contributed by atoms with Crippen molar-refractivity contribution in [2.24, 2.45) is 10.9 Å². The van der Waals surface area contributed by atoms with E-state index in [2.05, 4.69) is 34.5 Å². The summed E-state index contributed by atoms with van der Waals surface area (Å²) in [7, 11) is -1.10. The molecule has 0 bridgehead atoms. The van der Waals surface area contributed by atoms with E-state index in [1.165, 1.54) is 4.88 Å². The number of sulfone groups is 1. The molecule has 0 aromatic carbocycles. The minimum Gasteiger partial charge on any atom is -0.356 e. The molecule has 0 spiro atoms. The predicted molar refractivity (Wildman–Crippen MR) is 91.4 cm³/mol. The number of thiazole rings is 1. The lowest BCUT2D eigenvalue weighted by Gasteiger charge is -2.16. The average molecular weight is 345 g/mol. The van der Waals surface area contributed by atoms with Crippen LogP contribution < -0.4 is 10.6 Å². The third-order valence-electron chi connectivity index (χ3n) is 3.74. The van der Waals surface area contributed by atoms with E-state index < -0.39 is 9.84 Å². The molecule has 1 fully saturated rings. The SMILES string of the molecule is CN=C(NCC1CCS(=O)(=O)C1)NCC(C)c1ncc(C)s1. The summed E-state index contributed by atoms with van der Waals surface area (Å²) in [6.07, 6.45) is 2.63. The van der Waals surface area contributed by atoms with E-state index in [0.717, 1.165) is 18.0 Å². The molecular formula is C14H24N4O2S2. The molecule has 0 saturated carbocycles. The van der Waals surface area contributed by atoms with E-state index in [-0.39, 0.29) is 11.7 Å². The summed E-state index contributed by atoms with van der Waals surface area (Å²) in [5, 5.41) is 7.61. The van der Waals surface area contributed by atoms with Crippen molar-refractivity contribution in [2.45, 2.75) is 26.2 Å². The zero-order valence-corrected chi connectivity index (χ0v) is 14.9. The van der Waals surface area contributed by atoms with Crippen molar-refractivity contribution < 1.29 is 8.42 Å². The molecule has 6 nitrogen and oxygen atoms in total. The van der Waals surface area contributed by atoms with Gasteiger partial charge in [0.15, 0.2) is 15.8 Å². The summed E-state index contributed by atoms with van der Waals surface area (Å²) in [5.74, 6) is 1.80. The summed E-state index contributed by atoms with van der Waals surface area (Å²) in [6, 6.07) is 0. The van der Waals surface area contributed by atoms with Crippen LogP contribution in [0.3, 0.4) is 0 Å². The van der Waals surface area contributed by atoms with Gasteiger partial charge in [-0.1, -0.05) is 6.92 Å². The molecule has 2 heterocycles. The van der Waals surface area contributed by atoms with Gasteiger partial charge in [-0.2, -0.15) is 0 Å². The van der Waals surface area contributed by atoms with Crippen molar-refractivity contribution in [3.63, 3.8) is 0 Å². The lowest BCUT2D eigenvalue weighted by molar-refractivity contribution is 0.565. The van der Waals surface area contributed by atoms with Crippen molar-refractivity contribution in [3.05, 3.63) is 16.1 Å². The van der Waals surface area contributed by atoms with Gasteiger partial charge in [0.1, 0.15) is 0 Å². The van der Waals surface area contributed by atoms with Gasteiger partial charge < -0.3 is 10.6 Å². The summed E-state index contributed by atoms with van der Waals surface area (Å²) >= 11 is 1.71. The number of nitrogens with one attached hydrogen (secondary N) is 2. The van der Waals surface area contributed by atoms with Crippen LogP contribution in [-0.4, -0.2) is 51.0 Å². The van der Waals surface area contributed by atoms with Crippen molar-refractivity contribution >= 4 is 27.1 Å². The van der Waals surface area contributed by atoms with E-state index in [4.69, 9.17) is 0 Å². The molecule has 0 amide bonds. The molecule has 2 atom stereocenters. The predicted octanol–water partition coefficient (Wildman–Crippen LogP) is 1.15. The number of hydrogen-bond donors (Lipinski definition) is 2. The zero-order chi connectivity index (χ0) is 16.2. The second-order valence-corrected chi connectivity index (χ2v) is 9.31. The van der Waals surface area contributed by atoms with Crippen LogP contribution in [0.1, 0.15) is 29.1 Å². The van der Waals surface area contributed by atoms with Gasteiger partial charge in [-0.3, -0.25) is 4.99 Å². The van der Waals surface area contributed by atoms with E-state index in [1.54, 1.807) is 18.4 Å². The van der Waals surface area contributed by atoms with Crippen molar-refractivity contribution in [3.8, 4) is 0 Å². The molecule has 0 aliphatic carbocycles. The molecule has 1 saturated heterocycles. The molecular weight excluding hydrogens is 320 g/mol. The molecule has 1 aliphatic heterocycles. The van der Waals surface area contributed by atoms with Crippen LogP contribution in [0.25, 0.3) is 0 Å². The van der Waals surface area contributed by atoms with Crippen LogP contribution in [0.2, 0.25) is 0 Å². The fourth-order valence-corrected chi connectivity index (χ4v) is 5.12. The lowest BCUT2D eigenvalue weighted by atomic mass is 10.1. The van der Waals surface area contributed by atoms with Gasteiger partial charge >= 0.3 is 0 Å². The van der Waals surface area contributed by atoms with Gasteiger partial charge in [0, 0.05) is 37.1 Å². The number of aliphatic imine (C=N–C) groups is 1. The van der Waals surface area contributed by atoms with Crippen LogP contribution in [0.15, 0.2) is 11.2 Å². The van der Waals surface area contributed by atoms with Gasteiger partial charge in [-0.15, -0.1) is 11.3 Å². The molecule has 22 heavy (non-hydrogen) atoms. The largest absolute Gasteiger partial charge is 0.356 e. The maximum Gasteiger partial charge on any atom is 0.191 e. The van der Waals surface area contributed by atoms with Crippen LogP contribution in [0, 0.1) is 12.8 Å². The van der Waals surface area contributed by atoms with Crippen LogP contribution in [0.4, 0.5) is 0 Å². The second kappa shape index (κ2) is 7.41. The summed E-state index contributed by atoms with van der Waals surface area (Å²) in [4.78, 5) is 9.79. The Morgan fingerprint density at radius 3 is 2.86 bits per heavy atom. The van der Waals surface area contributed by atoms with E-state index in [0.29, 0.717) is 24.2 Å². The molecule has 8 heteroatoms. The average Bonchev–Trinajstić information content (AvgIpc) is 3.04. The molecule has 0 radical (unpaired) electrons. The first-order valence-corrected chi connectivity index (χ1v) is 10.1. The zero-order valence-electron chi connectivity index (χ0n) is 13.3. The highest BCUT2D eigenvalue weighted by molar-refractivity contribution is 7.91. The minimum absolute atomic E-state index is 0.183. The number of aromatic nitrogens is 1. The van der Waals surface area contributed by atoms with Crippen molar-refractivity contribution in [1.29, 1.82) is 0 Å². The Labute approximate surface area is 136 Å². The van der Waals surface area contributed by atoms with Crippen LogP contribution in [-0.2, 0) is 9.84 Å². The van der Waals surface area contributed by atoms with Crippen molar-refractivity contribution in [2.75, 3.05) is 31.6 Å². The lowest BCUT2D eigenvalue weighted by Crippen LogP contribution is -2.41. The molecule has 124 valence electrons. The number of nitrogens with zero attached hydrogens (tertiary/aromatic N) is 2. The van der Waals surface area contributed by atoms with E-state index >= 15 is 0 Å². The van der Waals surface area contributed by atoms with Gasteiger partial charge in [0.2, 0.25) is 0 Å². The standard InChI is InChI=1S/C14H24N4O2S2/c1-10(13-16-7-11(2)21-13)6-17-14(15-3)18-8-12-4-5-22(19,20)9-12/h7,10,12H,4-6,8-9H2,1-3H3,(H2,15,17,18). The topological polar surface area (TPSA) is 83.5 Å². The fraction of sp³-hybridized carbons (Fsp3) is 0.714. The van der Waals surface area contributed by atoms with Gasteiger partial charge in [-0.05, 0) is 19.3 Å². The molecule has 1 aromatic heterocycles. The maximum absolute atomic E-state index is 11.4. The van der Waals surface area contributed by atoms with Crippen LogP contribution >= 0.6 is 11.3 Å². The summed E-state index contributed by atoms with van der Waals surface area (Å²) in [6.45, 7) is 5.57. The normalized spacial score (nSPS) is 22.5. The Balaban J connectivity index is 1.76. The number of rotatable bonds is 5. The Morgan fingerprint density at radius 1 is 1.55 bits per heavy atom. The first-order chi connectivity index (χ1) is 10.4. The van der Waals surface area contributed by atoms with Gasteiger partial charge in [0.05, 0.1) is 16.5 Å². The van der Waals surface area contributed by atoms with Crippen LogP contribution in [0.5, 0.6) is 0 Å². The molecule has 2 N–H and O–H groups in total. The van der Waals surface area contributed by atoms with Gasteiger partial charge in [-0.25, -0.2) is 13.4 Å². The summed E-state index contributed by atoms with van der Waals surface area (Å²) < 4.78 is 22.9. The number of aryl methyl sites for hydroxylation is 1. The first kappa shape index (κ1) is 17.2. The maximum atomic E-state index is 11.4. The molecule has 2 unspecified atom stereocenters. The van der Waals surface area contributed by atoms with Gasteiger partial charge in [0.25, 0.3) is 0 Å². The molecule has 1 aromatic rings. The Hall–Kier alpha value is -1.15. The van der Waals surface area contributed by atoms with E-state index in [9.17, 15) is 8.42 Å². The highest BCUT2D eigenvalue weighted by atomic mass is 32.2. The fourth-order valence-electron chi connectivity index (χ4n) is 2.43. The highest BCUT2D eigenvalue weighted by Crippen LogP contribution is 2.20. The van der Waals surface area contributed by atoms with E-state index in [1.807, 2.05) is 6.20 Å². The minimum atomic E-state index is -2.82. The third-order valence-corrected chi connectivity index (χ3v) is 6.73.